The molecule has 3 atom stereocenters. The van der Waals surface area contributed by atoms with Gasteiger partial charge in [0.1, 0.15) is 5.69 Å². The highest BCUT2D eigenvalue weighted by atomic mass is 19.4. The summed E-state index contributed by atoms with van der Waals surface area (Å²) in [5, 5.41) is 17.8. The van der Waals surface area contributed by atoms with E-state index >= 15 is 0 Å². The first-order valence-electron chi connectivity index (χ1n) is 12.1. The van der Waals surface area contributed by atoms with Gasteiger partial charge in [-0.2, -0.15) is 23.5 Å². The number of carbonyl (C=O) groups is 1. The number of likely N-dealkylation sites (tertiary alicyclic amines) is 1. The van der Waals surface area contributed by atoms with Gasteiger partial charge in [0.15, 0.2) is 6.19 Å². The van der Waals surface area contributed by atoms with Gasteiger partial charge in [-0.25, -0.2) is 0 Å². The quantitative estimate of drug-likeness (QED) is 0.453. The van der Waals surface area contributed by atoms with Gasteiger partial charge in [-0.05, 0) is 63.4 Å². The molecule has 0 unspecified atom stereocenters. The Balaban J connectivity index is 1.65. The summed E-state index contributed by atoms with van der Waals surface area (Å²) in [6.07, 6.45) is -1.58. The van der Waals surface area contributed by atoms with Crippen LogP contribution in [0.5, 0.6) is 0 Å². The molecule has 1 aliphatic heterocycles. The molecule has 1 saturated heterocycles. The van der Waals surface area contributed by atoms with Crippen molar-refractivity contribution in [2.45, 2.75) is 77.3 Å². The minimum atomic E-state index is -4.25. The molecule has 0 spiro atoms. The molecule has 0 aliphatic carbocycles. The third kappa shape index (κ3) is 5.30. The minimum absolute atomic E-state index is 0.0574. The van der Waals surface area contributed by atoms with Crippen LogP contribution in [0.2, 0.25) is 0 Å². The first kappa shape index (κ1) is 25.5. The molecule has 0 radical (unpaired) electrons. The molecule has 190 valence electrons. The molecule has 1 N–H and O–H groups in total. The molecule has 0 bridgehead atoms. The van der Waals surface area contributed by atoms with Gasteiger partial charge in [-0.3, -0.25) is 14.5 Å². The summed E-state index contributed by atoms with van der Waals surface area (Å²) < 4.78 is 39.8. The van der Waals surface area contributed by atoms with Crippen LogP contribution in [0.4, 0.5) is 13.2 Å². The Morgan fingerprint density at radius 2 is 2.06 bits per heavy atom. The number of halogens is 3. The molecule has 2 aromatic heterocycles. The Morgan fingerprint density at radius 3 is 2.69 bits per heavy atom. The third-order valence-corrected chi connectivity index (χ3v) is 6.82. The molecule has 10 heteroatoms. The predicted octanol–water partition coefficient (Wildman–Crippen LogP) is 5.20. The van der Waals surface area contributed by atoms with E-state index in [4.69, 9.17) is 0 Å². The summed E-state index contributed by atoms with van der Waals surface area (Å²) in [7, 11) is 0. The predicted molar refractivity (Wildman–Crippen MR) is 130 cm³/mol. The average molecular weight is 499 g/mol. The number of hydrogen-bond donors (Lipinski definition) is 1. The summed E-state index contributed by atoms with van der Waals surface area (Å²) in [6.45, 7) is 5.85. The summed E-state index contributed by atoms with van der Waals surface area (Å²) in [6, 6.07) is 10.4. The zero-order chi connectivity index (χ0) is 26.0. The van der Waals surface area contributed by atoms with Crippen molar-refractivity contribution >= 4 is 16.8 Å². The van der Waals surface area contributed by atoms with Gasteiger partial charge in [0.25, 0.3) is 5.91 Å². The molecule has 7 nitrogen and oxygen atoms in total. The number of carbonyl (C=O) groups excluding carboxylic acids is 1. The SMILES string of the molecule is CC[C@H]1C[C@@H](NC(=O)c2ccc3c(-c4cccc(C)n4)nn(CCCC(F)(F)F)c3c2)[C@@H](C)N1C#N. The molecule has 0 saturated carbocycles. The van der Waals surface area contributed by atoms with E-state index in [2.05, 4.69) is 21.6 Å². The number of aromatic nitrogens is 3. The second-order valence-corrected chi connectivity index (χ2v) is 9.31. The lowest BCUT2D eigenvalue weighted by atomic mass is 10.1. The number of nitrogens with zero attached hydrogens (tertiary/aromatic N) is 5. The lowest BCUT2D eigenvalue weighted by Crippen LogP contribution is -2.42. The van der Waals surface area contributed by atoms with Gasteiger partial charge in [0.05, 0.1) is 23.3 Å². The number of nitrogens with one attached hydrogen (secondary N) is 1. The maximum absolute atomic E-state index is 13.2. The molecule has 3 heterocycles. The smallest absolute Gasteiger partial charge is 0.347 e. The maximum Gasteiger partial charge on any atom is 0.389 e. The van der Waals surface area contributed by atoms with E-state index in [9.17, 15) is 23.2 Å². The monoisotopic (exact) mass is 498 g/mol. The van der Waals surface area contributed by atoms with Crippen LogP contribution in [0, 0.1) is 18.4 Å². The summed E-state index contributed by atoms with van der Waals surface area (Å²) in [4.78, 5) is 19.4. The van der Waals surface area contributed by atoms with Crippen molar-refractivity contribution in [2.24, 2.45) is 0 Å². The highest BCUT2D eigenvalue weighted by Crippen LogP contribution is 2.30. The number of amides is 1. The van der Waals surface area contributed by atoms with Crippen LogP contribution in [-0.4, -0.2) is 49.9 Å². The van der Waals surface area contributed by atoms with Crippen molar-refractivity contribution in [1.82, 2.24) is 25.0 Å². The highest BCUT2D eigenvalue weighted by molar-refractivity contribution is 6.01. The summed E-state index contributed by atoms with van der Waals surface area (Å²) in [5.41, 5.74) is 2.94. The average Bonchev–Trinajstić information content (AvgIpc) is 3.34. The number of hydrogen-bond acceptors (Lipinski definition) is 5. The fraction of sp³-hybridized carbons (Fsp3) is 0.462. The van der Waals surface area contributed by atoms with Crippen molar-refractivity contribution in [1.29, 1.82) is 5.26 Å². The molecule has 3 aromatic rings. The van der Waals surface area contributed by atoms with Gasteiger partial charge in [-0.15, -0.1) is 0 Å². The minimum Gasteiger partial charge on any atom is -0.347 e. The van der Waals surface area contributed by atoms with Crippen LogP contribution in [0.25, 0.3) is 22.3 Å². The highest BCUT2D eigenvalue weighted by Gasteiger charge is 2.38. The first-order valence-corrected chi connectivity index (χ1v) is 12.1. The number of pyridine rings is 1. The van der Waals surface area contributed by atoms with Crippen molar-refractivity contribution < 1.29 is 18.0 Å². The number of nitriles is 1. The van der Waals surface area contributed by atoms with E-state index in [-0.39, 0.29) is 37.0 Å². The van der Waals surface area contributed by atoms with Crippen LogP contribution < -0.4 is 5.32 Å². The Hall–Kier alpha value is -3.61. The fourth-order valence-electron chi connectivity index (χ4n) is 4.88. The van der Waals surface area contributed by atoms with Gasteiger partial charge >= 0.3 is 6.18 Å². The summed E-state index contributed by atoms with van der Waals surface area (Å²) >= 11 is 0. The van der Waals surface area contributed by atoms with E-state index in [1.54, 1.807) is 23.1 Å². The van der Waals surface area contributed by atoms with E-state index < -0.39 is 12.6 Å². The van der Waals surface area contributed by atoms with Crippen molar-refractivity contribution in [3.63, 3.8) is 0 Å². The largest absolute Gasteiger partial charge is 0.389 e. The molecular weight excluding hydrogens is 469 g/mol. The maximum atomic E-state index is 13.2. The van der Waals surface area contributed by atoms with Crippen LogP contribution >= 0.6 is 0 Å². The topological polar surface area (TPSA) is 86.8 Å². The third-order valence-electron chi connectivity index (χ3n) is 6.82. The Kier molecular flexibility index (Phi) is 7.20. The van der Waals surface area contributed by atoms with Gasteiger partial charge in [0.2, 0.25) is 0 Å². The number of aryl methyl sites for hydroxylation is 2. The van der Waals surface area contributed by atoms with Crippen LogP contribution in [0.3, 0.4) is 0 Å². The zero-order valence-electron chi connectivity index (χ0n) is 20.5. The molecule has 1 aliphatic rings. The van der Waals surface area contributed by atoms with Gasteiger partial charge in [0, 0.05) is 35.7 Å². The van der Waals surface area contributed by atoms with E-state index in [0.29, 0.717) is 34.3 Å². The molecule has 1 fully saturated rings. The number of benzene rings is 1. The lowest BCUT2D eigenvalue weighted by Gasteiger charge is -2.22. The van der Waals surface area contributed by atoms with Crippen molar-refractivity contribution in [3.05, 3.63) is 47.7 Å². The van der Waals surface area contributed by atoms with E-state index in [0.717, 1.165) is 12.1 Å². The summed E-state index contributed by atoms with van der Waals surface area (Å²) in [5.74, 6) is -0.290. The Morgan fingerprint density at radius 1 is 1.28 bits per heavy atom. The molecule has 1 aromatic carbocycles. The Bertz CT molecular complexity index is 1300. The molecule has 36 heavy (non-hydrogen) atoms. The zero-order valence-corrected chi connectivity index (χ0v) is 20.5. The second-order valence-electron chi connectivity index (χ2n) is 9.31. The van der Waals surface area contributed by atoms with Crippen LogP contribution in [-0.2, 0) is 6.54 Å². The fourth-order valence-corrected chi connectivity index (χ4v) is 4.88. The van der Waals surface area contributed by atoms with Crippen LogP contribution in [0.1, 0.15) is 55.6 Å². The molecular formula is C26H29F3N6O. The van der Waals surface area contributed by atoms with Crippen molar-refractivity contribution in [3.8, 4) is 17.6 Å². The number of rotatable bonds is 7. The first-order chi connectivity index (χ1) is 17.1. The van der Waals surface area contributed by atoms with Crippen molar-refractivity contribution in [2.75, 3.05) is 0 Å². The van der Waals surface area contributed by atoms with Gasteiger partial charge in [-0.1, -0.05) is 13.0 Å². The number of fused-ring (bicyclic) bond motifs is 1. The Labute approximate surface area is 207 Å². The molecule has 1 amide bonds. The van der Waals surface area contributed by atoms with E-state index in [1.165, 1.54) is 4.68 Å². The second kappa shape index (κ2) is 10.2. The normalized spacial score (nSPS) is 20.0. The standard InChI is InChI=1S/C26H29F3N6O/c1-4-19-14-22(17(3)34(19)15-30)32-25(36)18-9-10-20-23(13-18)35(12-6-11-26(27,28)29)33-24(20)21-8-5-7-16(2)31-21/h5,7-10,13,17,19,22H,4,6,11-12,14H2,1-3H3,(H,32,36)/t17-,19+,22-/m1/s1. The number of alkyl halides is 3. The van der Waals surface area contributed by atoms with Gasteiger partial charge < -0.3 is 10.2 Å². The molecule has 4 rings (SSSR count). The van der Waals surface area contributed by atoms with E-state index in [1.807, 2.05) is 39.0 Å². The lowest BCUT2D eigenvalue weighted by molar-refractivity contribution is -0.135. The van der Waals surface area contributed by atoms with Crippen LogP contribution in [0.15, 0.2) is 36.4 Å².